The van der Waals surface area contributed by atoms with Gasteiger partial charge in [0.25, 0.3) is 0 Å². The van der Waals surface area contributed by atoms with E-state index >= 15 is 0 Å². The Morgan fingerprint density at radius 1 is 0.185 bits per heavy atom. The Balaban J connectivity index is 4.63. The summed E-state index contributed by atoms with van der Waals surface area (Å²) >= 11 is 0. The van der Waals surface area contributed by atoms with Crippen molar-refractivity contribution >= 4 is 0 Å². The van der Waals surface area contributed by atoms with Gasteiger partial charge in [-0.05, 0) is 51.4 Å². The normalized spacial score (nSPS) is 12.9. The van der Waals surface area contributed by atoms with Gasteiger partial charge in [0.05, 0.1) is 54.5 Å². The molecule has 0 aliphatic rings. The van der Waals surface area contributed by atoms with E-state index in [1.807, 2.05) is 0 Å². The molecule has 6 heteroatoms. The lowest BCUT2D eigenvalue weighted by molar-refractivity contribution is -0.893. The van der Waals surface area contributed by atoms with Crippen LogP contribution < -0.4 is 0 Å². The summed E-state index contributed by atoms with van der Waals surface area (Å²) in [7, 11) is 9.78. The molecule has 554 valence electrons. The fourth-order valence-electron chi connectivity index (χ4n) is 14.4. The van der Waals surface area contributed by atoms with E-state index in [-0.39, 0.29) is 12.2 Å². The second-order valence-electron chi connectivity index (χ2n) is 31.7. The predicted molar refractivity (Wildman–Crippen MR) is 412 cm³/mol. The van der Waals surface area contributed by atoms with Gasteiger partial charge in [-0.15, -0.1) is 0 Å². The lowest BCUT2D eigenvalue weighted by Crippen LogP contribution is -2.48. The third-order valence-corrected chi connectivity index (χ3v) is 20.8. The summed E-state index contributed by atoms with van der Waals surface area (Å²) in [5.74, 6) is 0. The van der Waals surface area contributed by atoms with E-state index in [4.69, 9.17) is 18.9 Å². The molecule has 2 atom stereocenters. The van der Waals surface area contributed by atoms with E-state index in [2.05, 4.69) is 55.9 Å². The van der Waals surface area contributed by atoms with Crippen LogP contribution in [-0.2, 0) is 18.9 Å². The average Bonchev–Trinajstić information content (AvgIpc) is 1.53. The number of ether oxygens (including phenoxy) is 4. The summed E-state index contributed by atoms with van der Waals surface area (Å²) in [6.07, 6.45) is 92.6. The first-order valence-electron chi connectivity index (χ1n) is 43.2. The minimum atomic E-state index is 0.205. The molecule has 0 saturated carbocycles. The third kappa shape index (κ3) is 75.5. The van der Waals surface area contributed by atoms with Crippen molar-refractivity contribution in [2.75, 3.05) is 94.0 Å². The average molecular weight is 1300 g/mol. The maximum absolute atomic E-state index is 6.69. The van der Waals surface area contributed by atoms with E-state index in [0.717, 1.165) is 61.7 Å². The first-order chi connectivity index (χ1) is 45.2. The molecule has 2 unspecified atom stereocenters. The molecule has 0 spiro atoms. The zero-order valence-corrected chi connectivity index (χ0v) is 65.4. The summed E-state index contributed by atoms with van der Waals surface area (Å²) in [4.78, 5) is 0. The molecule has 0 aromatic carbocycles. The molecule has 0 aromatic heterocycles. The number of quaternary nitrogens is 2. The Morgan fingerprint density at radius 3 is 0.522 bits per heavy atom. The van der Waals surface area contributed by atoms with Crippen molar-refractivity contribution < 1.29 is 27.9 Å². The molecule has 0 rings (SSSR count). The predicted octanol–water partition coefficient (Wildman–Crippen LogP) is 27.8. The summed E-state index contributed by atoms with van der Waals surface area (Å²) in [6, 6.07) is 0. The molecule has 0 fully saturated rings. The molecular formula is C86H178N2O4+2. The Labute approximate surface area is 582 Å². The van der Waals surface area contributed by atoms with Gasteiger partial charge in [-0.2, -0.15) is 0 Å². The van der Waals surface area contributed by atoms with Crippen LogP contribution in [0.1, 0.15) is 451 Å². The number of rotatable bonds is 83. The summed E-state index contributed by atoms with van der Waals surface area (Å²) in [5.41, 5.74) is 0. The molecule has 92 heavy (non-hydrogen) atoms. The zero-order chi connectivity index (χ0) is 66.7. The van der Waals surface area contributed by atoms with E-state index < -0.39 is 0 Å². The van der Waals surface area contributed by atoms with Crippen molar-refractivity contribution in [3.63, 3.8) is 0 Å². The van der Waals surface area contributed by atoms with Crippen molar-refractivity contribution in [3.8, 4) is 0 Å². The highest BCUT2D eigenvalue weighted by molar-refractivity contribution is 4.62. The van der Waals surface area contributed by atoms with Gasteiger partial charge in [0.1, 0.15) is 25.3 Å². The molecule has 0 N–H and O–H groups in total. The van der Waals surface area contributed by atoms with Gasteiger partial charge < -0.3 is 27.9 Å². The topological polar surface area (TPSA) is 36.9 Å². The van der Waals surface area contributed by atoms with Crippen LogP contribution in [0.25, 0.3) is 0 Å². The van der Waals surface area contributed by atoms with Gasteiger partial charge in [0.15, 0.2) is 0 Å². The van der Waals surface area contributed by atoms with Crippen molar-refractivity contribution in [1.82, 2.24) is 0 Å². The molecular weight excluding hydrogens is 1120 g/mol. The maximum atomic E-state index is 6.69. The number of likely N-dealkylation sites (N-methyl/N-ethyl adjacent to an activating group) is 2. The fourth-order valence-corrected chi connectivity index (χ4v) is 14.4. The van der Waals surface area contributed by atoms with E-state index in [1.54, 1.807) is 0 Å². The molecule has 0 aromatic rings. The van der Waals surface area contributed by atoms with Crippen molar-refractivity contribution in [2.45, 2.75) is 464 Å². The van der Waals surface area contributed by atoms with Crippen LogP contribution >= 0.6 is 0 Å². The van der Waals surface area contributed by atoms with E-state index in [9.17, 15) is 0 Å². The monoisotopic (exact) mass is 1300 g/mol. The lowest BCUT2D eigenvalue weighted by Gasteiger charge is -2.33. The molecule has 0 radical (unpaired) electrons. The first kappa shape index (κ1) is 91.8. The van der Waals surface area contributed by atoms with Gasteiger partial charge in [0, 0.05) is 26.4 Å². The quantitative estimate of drug-likeness (QED) is 0.0449. The zero-order valence-electron chi connectivity index (χ0n) is 65.4. The maximum Gasteiger partial charge on any atom is 0.130 e. The van der Waals surface area contributed by atoms with Gasteiger partial charge in [-0.3, -0.25) is 0 Å². The van der Waals surface area contributed by atoms with Crippen LogP contribution in [0, 0.1) is 0 Å². The van der Waals surface area contributed by atoms with E-state index in [1.165, 1.54) is 437 Å². The smallest absolute Gasteiger partial charge is 0.130 e. The largest absolute Gasteiger partial charge is 0.379 e. The van der Waals surface area contributed by atoms with Crippen molar-refractivity contribution in [3.05, 3.63) is 0 Å². The van der Waals surface area contributed by atoms with Gasteiger partial charge >= 0.3 is 0 Å². The Morgan fingerprint density at radius 2 is 0.337 bits per heavy atom. The van der Waals surface area contributed by atoms with Gasteiger partial charge in [0.2, 0.25) is 0 Å². The Kier molecular flexibility index (Phi) is 76.3. The summed E-state index contributed by atoms with van der Waals surface area (Å²) < 4.78 is 28.3. The van der Waals surface area contributed by atoms with Crippen LogP contribution in [0.2, 0.25) is 0 Å². The third-order valence-electron chi connectivity index (χ3n) is 20.8. The van der Waals surface area contributed by atoms with Crippen molar-refractivity contribution in [2.24, 2.45) is 0 Å². The molecule has 0 bridgehead atoms. The SMILES string of the molecule is CCCCCCCCCCCCCCCCOCC(C[N+](C)(C)CCCCCCCCCCCC[N+](C)(C)CC(COCCCCCCCCCCCCCCCC)OCCCCCCCCCCCCCCCC)OCCCCCCCCCCCCCCCC. The Bertz CT molecular complexity index is 1230. The highest BCUT2D eigenvalue weighted by Gasteiger charge is 2.24. The van der Waals surface area contributed by atoms with Gasteiger partial charge in [-0.25, -0.2) is 0 Å². The van der Waals surface area contributed by atoms with Crippen LogP contribution in [0.5, 0.6) is 0 Å². The molecule has 0 amide bonds. The fraction of sp³-hybridized carbons (Fsp3) is 1.00. The summed E-state index contributed by atoms with van der Waals surface area (Å²) in [5, 5.41) is 0. The number of hydrogen-bond acceptors (Lipinski definition) is 4. The molecule has 0 heterocycles. The first-order valence-corrected chi connectivity index (χ1v) is 43.2. The molecule has 6 nitrogen and oxygen atoms in total. The van der Waals surface area contributed by atoms with Crippen LogP contribution in [0.3, 0.4) is 0 Å². The Hall–Kier alpha value is -0.240. The van der Waals surface area contributed by atoms with Gasteiger partial charge in [-0.1, -0.05) is 400 Å². The minimum Gasteiger partial charge on any atom is -0.379 e. The van der Waals surface area contributed by atoms with Crippen molar-refractivity contribution in [1.29, 1.82) is 0 Å². The number of unbranched alkanes of at least 4 members (excludes halogenated alkanes) is 61. The van der Waals surface area contributed by atoms with E-state index in [0.29, 0.717) is 0 Å². The van der Waals surface area contributed by atoms with Crippen LogP contribution in [0.15, 0.2) is 0 Å². The highest BCUT2D eigenvalue weighted by Crippen LogP contribution is 2.20. The van der Waals surface area contributed by atoms with Crippen LogP contribution in [0.4, 0.5) is 0 Å². The minimum absolute atomic E-state index is 0.205. The lowest BCUT2D eigenvalue weighted by atomic mass is 10.0. The molecule has 0 aliphatic carbocycles. The standard InChI is InChI=1S/C86H178N2O4/c1-9-13-17-21-25-29-33-37-41-47-53-59-65-71-77-89-83-85(91-79-73-67-61-55-49-43-39-35-31-27-23-19-15-11-3)81-87(5,6)75-69-63-57-51-45-46-52-58-64-70-76-88(7,8)82-86(92-80-74-68-62-56-50-44-40-36-32-28-24-20-16-12-4)84-90-78-72-66-60-54-48-42-38-34-30-26-22-18-14-10-2/h85-86H,9-84H2,1-8H3/q+2. The second kappa shape index (κ2) is 76.5. The number of hydrogen-bond donors (Lipinski definition) is 0. The number of nitrogens with zero attached hydrogens (tertiary/aromatic N) is 2. The molecule has 0 aliphatic heterocycles. The van der Waals surface area contributed by atoms with Crippen LogP contribution in [-0.4, -0.2) is 115 Å². The second-order valence-corrected chi connectivity index (χ2v) is 31.7. The summed E-state index contributed by atoms with van der Waals surface area (Å²) in [6.45, 7) is 19.0. The highest BCUT2D eigenvalue weighted by atomic mass is 16.5. The molecule has 0 saturated heterocycles.